The third kappa shape index (κ3) is 2.76. The maximum atomic E-state index is 9.01. The van der Waals surface area contributed by atoms with Crippen molar-refractivity contribution < 1.29 is 14.9 Å². The second-order valence-corrected chi connectivity index (χ2v) is 7.26. The lowest BCUT2D eigenvalue weighted by Crippen LogP contribution is -2.39. The number of aliphatic hydroxyl groups is 2. The van der Waals surface area contributed by atoms with Gasteiger partial charge in [-0.05, 0) is 36.0 Å². The zero-order chi connectivity index (χ0) is 14.8. The molecule has 0 aliphatic heterocycles. The van der Waals surface area contributed by atoms with Crippen LogP contribution < -0.4 is 0 Å². The zero-order valence-corrected chi connectivity index (χ0v) is 13.3. The normalized spacial score (nSPS) is 35.1. The monoisotopic (exact) mass is 285 g/mol. The molecule has 2 saturated carbocycles. The molecular formula is C16H31NO3. The maximum absolute atomic E-state index is 9.01. The Morgan fingerprint density at radius 1 is 1.10 bits per heavy atom. The smallest absolute Gasteiger partial charge is 0.0637 e. The van der Waals surface area contributed by atoms with Gasteiger partial charge in [-0.25, -0.2) is 0 Å². The van der Waals surface area contributed by atoms with Crippen LogP contribution in [-0.4, -0.2) is 60.7 Å². The summed E-state index contributed by atoms with van der Waals surface area (Å²) in [6.07, 6.45) is 4.21. The standard InChI is InChI=1S/C16H31NO3/c1-15(2)13-4-5-16(15,3)14(12-13)20-11-8-17(6-9-18)7-10-19/h13-14,18-19H,4-12H2,1-3H3. The van der Waals surface area contributed by atoms with E-state index in [4.69, 9.17) is 14.9 Å². The Bertz CT molecular complexity index is 315. The fourth-order valence-electron chi connectivity index (χ4n) is 4.32. The van der Waals surface area contributed by atoms with Crippen molar-refractivity contribution in [3.8, 4) is 0 Å². The van der Waals surface area contributed by atoms with Crippen LogP contribution in [0.2, 0.25) is 0 Å². The summed E-state index contributed by atoms with van der Waals surface area (Å²) in [6, 6.07) is 0. The van der Waals surface area contributed by atoms with Gasteiger partial charge in [-0.15, -0.1) is 0 Å². The third-order valence-electron chi connectivity index (χ3n) is 6.27. The van der Waals surface area contributed by atoms with Crippen LogP contribution in [0.3, 0.4) is 0 Å². The van der Waals surface area contributed by atoms with Crippen molar-refractivity contribution in [3.63, 3.8) is 0 Å². The molecule has 3 unspecified atom stereocenters. The molecule has 0 heterocycles. The summed E-state index contributed by atoms with van der Waals surface area (Å²) in [5, 5.41) is 18.0. The van der Waals surface area contributed by atoms with Crippen LogP contribution in [0.25, 0.3) is 0 Å². The summed E-state index contributed by atoms with van der Waals surface area (Å²) < 4.78 is 6.19. The highest BCUT2D eigenvalue weighted by atomic mass is 16.5. The minimum absolute atomic E-state index is 0.135. The first-order valence-corrected chi connectivity index (χ1v) is 8.01. The van der Waals surface area contributed by atoms with E-state index >= 15 is 0 Å². The van der Waals surface area contributed by atoms with Gasteiger partial charge in [0.2, 0.25) is 0 Å². The predicted octanol–water partition coefficient (Wildman–Crippen LogP) is 1.50. The van der Waals surface area contributed by atoms with Gasteiger partial charge < -0.3 is 14.9 Å². The Balaban J connectivity index is 1.81. The summed E-state index contributed by atoms with van der Waals surface area (Å²) in [5.74, 6) is 0.809. The van der Waals surface area contributed by atoms with Gasteiger partial charge in [-0.1, -0.05) is 20.8 Å². The minimum Gasteiger partial charge on any atom is -0.395 e. The molecule has 0 aromatic rings. The average molecular weight is 285 g/mol. The van der Waals surface area contributed by atoms with Gasteiger partial charge in [0, 0.05) is 19.6 Å². The Kier molecular flexibility index (Phi) is 5.11. The lowest BCUT2D eigenvalue weighted by atomic mass is 9.70. The van der Waals surface area contributed by atoms with Crippen LogP contribution in [0.1, 0.15) is 40.0 Å². The summed E-state index contributed by atoms with van der Waals surface area (Å²) >= 11 is 0. The molecular weight excluding hydrogens is 254 g/mol. The van der Waals surface area contributed by atoms with Crippen molar-refractivity contribution in [3.05, 3.63) is 0 Å². The van der Waals surface area contributed by atoms with Crippen LogP contribution >= 0.6 is 0 Å². The van der Waals surface area contributed by atoms with Crippen molar-refractivity contribution in [2.45, 2.75) is 46.1 Å². The molecule has 2 aliphatic carbocycles. The first-order chi connectivity index (χ1) is 9.45. The molecule has 2 fully saturated rings. The number of nitrogens with zero attached hydrogens (tertiary/aromatic N) is 1. The fraction of sp³-hybridized carbons (Fsp3) is 1.00. The molecule has 0 aromatic heterocycles. The van der Waals surface area contributed by atoms with Crippen LogP contribution in [0.5, 0.6) is 0 Å². The Hall–Kier alpha value is -0.160. The van der Waals surface area contributed by atoms with Crippen molar-refractivity contribution >= 4 is 0 Å². The molecule has 0 amide bonds. The van der Waals surface area contributed by atoms with Crippen molar-refractivity contribution in [2.75, 3.05) is 39.5 Å². The number of hydrogen-bond donors (Lipinski definition) is 2. The summed E-state index contributed by atoms with van der Waals surface area (Å²) in [5.41, 5.74) is 0.712. The van der Waals surface area contributed by atoms with E-state index in [1.54, 1.807) is 0 Å². The van der Waals surface area contributed by atoms with E-state index in [9.17, 15) is 0 Å². The maximum Gasteiger partial charge on any atom is 0.0637 e. The van der Waals surface area contributed by atoms with Crippen molar-refractivity contribution in [2.24, 2.45) is 16.7 Å². The van der Waals surface area contributed by atoms with E-state index in [-0.39, 0.29) is 13.2 Å². The van der Waals surface area contributed by atoms with E-state index in [1.807, 2.05) is 0 Å². The van der Waals surface area contributed by atoms with Gasteiger partial charge in [0.1, 0.15) is 0 Å². The molecule has 4 heteroatoms. The van der Waals surface area contributed by atoms with Gasteiger partial charge >= 0.3 is 0 Å². The van der Waals surface area contributed by atoms with Crippen molar-refractivity contribution in [1.29, 1.82) is 0 Å². The van der Waals surface area contributed by atoms with Gasteiger partial charge in [-0.3, -0.25) is 4.90 Å². The average Bonchev–Trinajstić information content (AvgIpc) is 2.72. The van der Waals surface area contributed by atoms with E-state index in [2.05, 4.69) is 25.7 Å². The molecule has 3 atom stereocenters. The Labute approximate surface area is 123 Å². The summed E-state index contributed by atoms with van der Waals surface area (Å²) in [6.45, 7) is 10.2. The Morgan fingerprint density at radius 2 is 1.75 bits per heavy atom. The van der Waals surface area contributed by atoms with Crippen LogP contribution in [0.15, 0.2) is 0 Å². The SMILES string of the molecule is CC1(C)C2CCC1(C)C(OCCN(CCO)CCO)C2. The lowest BCUT2D eigenvalue weighted by molar-refractivity contribution is -0.0529. The second-order valence-electron chi connectivity index (χ2n) is 7.26. The number of ether oxygens (including phenoxy) is 1. The minimum atomic E-state index is 0.135. The quantitative estimate of drug-likeness (QED) is 0.710. The first-order valence-electron chi connectivity index (χ1n) is 8.01. The van der Waals surface area contributed by atoms with Gasteiger partial charge in [0.15, 0.2) is 0 Å². The van der Waals surface area contributed by atoms with E-state index in [1.165, 1.54) is 19.3 Å². The number of hydrogen-bond acceptors (Lipinski definition) is 4. The molecule has 2 aliphatic rings. The van der Waals surface area contributed by atoms with E-state index in [0.717, 1.165) is 12.5 Å². The van der Waals surface area contributed by atoms with Gasteiger partial charge in [0.05, 0.1) is 25.9 Å². The van der Waals surface area contributed by atoms with Crippen LogP contribution in [0, 0.1) is 16.7 Å². The van der Waals surface area contributed by atoms with E-state index < -0.39 is 0 Å². The highest BCUT2D eigenvalue weighted by Crippen LogP contribution is 2.66. The number of fused-ring (bicyclic) bond motifs is 2. The second kappa shape index (κ2) is 6.30. The molecule has 0 aromatic carbocycles. The van der Waals surface area contributed by atoms with Crippen LogP contribution in [0.4, 0.5) is 0 Å². The van der Waals surface area contributed by atoms with Crippen LogP contribution in [-0.2, 0) is 4.74 Å². The molecule has 0 radical (unpaired) electrons. The summed E-state index contributed by atoms with van der Waals surface area (Å²) in [7, 11) is 0. The zero-order valence-electron chi connectivity index (χ0n) is 13.3. The molecule has 4 nitrogen and oxygen atoms in total. The highest BCUT2D eigenvalue weighted by Gasteiger charge is 2.61. The molecule has 20 heavy (non-hydrogen) atoms. The van der Waals surface area contributed by atoms with E-state index in [0.29, 0.717) is 36.6 Å². The Morgan fingerprint density at radius 3 is 2.20 bits per heavy atom. The number of aliphatic hydroxyl groups excluding tert-OH is 2. The molecule has 0 saturated heterocycles. The number of rotatable bonds is 8. The van der Waals surface area contributed by atoms with Gasteiger partial charge in [0.25, 0.3) is 0 Å². The first kappa shape index (κ1) is 16.2. The summed E-state index contributed by atoms with van der Waals surface area (Å²) in [4.78, 5) is 2.06. The topological polar surface area (TPSA) is 52.9 Å². The molecule has 2 N–H and O–H groups in total. The lowest BCUT2D eigenvalue weighted by Gasteiger charge is -2.39. The molecule has 2 rings (SSSR count). The van der Waals surface area contributed by atoms with Gasteiger partial charge in [-0.2, -0.15) is 0 Å². The molecule has 2 bridgehead atoms. The highest BCUT2D eigenvalue weighted by molar-refractivity contribution is 5.11. The predicted molar refractivity (Wildman–Crippen MR) is 79.6 cm³/mol. The largest absolute Gasteiger partial charge is 0.395 e. The fourth-order valence-corrected chi connectivity index (χ4v) is 4.32. The molecule has 118 valence electrons. The van der Waals surface area contributed by atoms with Crippen molar-refractivity contribution in [1.82, 2.24) is 4.90 Å². The third-order valence-corrected chi connectivity index (χ3v) is 6.27. The molecule has 0 spiro atoms.